The number of aryl methyl sites for hydroxylation is 1. The molecule has 0 bridgehead atoms. The van der Waals surface area contributed by atoms with E-state index < -0.39 is 10.0 Å². The van der Waals surface area contributed by atoms with Gasteiger partial charge in [0.05, 0.1) is 34.6 Å². The van der Waals surface area contributed by atoms with Crippen molar-refractivity contribution in [3.8, 4) is 0 Å². The number of sulfonamides is 1. The van der Waals surface area contributed by atoms with E-state index in [0.717, 1.165) is 17.6 Å². The number of nitrogens with one attached hydrogen (secondary N) is 1. The van der Waals surface area contributed by atoms with Gasteiger partial charge in [-0.1, -0.05) is 23.2 Å². The number of aromatic nitrogens is 5. The molecule has 1 aliphatic rings. The summed E-state index contributed by atoms with van der Waals surface area (Å²) in [6, 6.07) is -0.0673. The lowest BCUT2D eigenvalue weighted by Gasteiger charge is -2.13. The summed E-state index contributed by atoms with van der Waals surface area (Å²) in [7, 11) is -3.21. The highest BCUT2D eigenvalue weighted by Crippen LogP contribution is 2.30. The number of rotatable bonds is 5. The molecule has 1 N–H and O–H groups in total. The van der Waals surface area contributed by atoms with E-state index in [9.17, 15) is 8.42 Å². The van der Waals surface area contributed by atoms with Crippen molar-refractivity contribution in [3.05, 3.63) is 28.8 Å². The largest absolute Gasteiger partial charge is 0.331 e. The molecule has 0 unspecified atom stereocenters. The van der Waals surface area contributed by atoms with Crippen molar-refractivity contribution in [2.24, 2.45) is 0 Å². The standard InChI is InChI=1S/C16H19Cl2N7O2S/c1-3-23-8-12(17)11-6-19-16(21-15(11)23)20-13-9-25(22-14(13)18)10-4-5-24(7-10)28(2,26)27/h6,8-10H,3-5,7H2,1-2H3,(H,19,20,21)/t10-/m0/s1. The van der Waals surface area contributed by atoms with Gasteiger partial charge in [-0.25, -0.2) is 13.4 Å². The van der Waals surface area contributed by atoms with Gasteiger partial charge in [0.15, 0.2) is 5.15 Å². The molecule has 0 aliphatic carbocycles. The molecule has 150 valence electrons. The molecule has 1 saturated heterocycles. The second-order valence-corrected chi connectivity index (χ2v) is 9.44. The third kappa shape index (κ3) is 3.57. The molecule has 1 atom stereocenters. The summed E-state index contributed by atoms with van der Waals surface area (Å²) in [5, 5.41) is 9.06. The minimum absolute atomic E-state index is 0.0673. The van der Waals surface area contributed by atoms with Crippen molar-refractivity contribution in [2.75, 3.05) is 24.7 Å². The molecule has 0 saturated carbocycles. The van der Waals surface area contributed by atoms with Gasteiger partial charge in [0.1, 0.15) is 5.65 Å². The van der Waals surface area contributed by atoms with Gasteiger partial charge in [-0.15, -0.1) is 0 Å². The van der Waals surface area contributed by atoms with Gasteiger partial charge >= 0.3 is 0 Å². The molecule has 4 heterocycles. The van der Waals surface area contributed by atoms with Gasteiger partial charge in [-0.3, -0.25) is 4.68 Å². The van der Waals surface area contributed by atoms with E-state index in [1.807, 2.05) is 17.7 Å². The Morgan fingerprint density at radius 2 is 2.11 bits per heavy atom. The van der Waals surface area contributed by atoms with E-state index in [4.69, 9.17) is 23.2 Å². The topological polar surface area (TPSA) is 97.9 Å². The minimum Gasteiger partial charge on any atom is -0.331 e. The average Bonchev–Trinajstić information content (AvgIpc) is 3.33. The number of anilines is 2. The molecule has 0 spiro atoms. The summed E-state index contributed by atoms with van der Waals surface area (Å²) in [5.74, 6) is 0.377. The van der Waals surface area contributed by atoms with Crippen molar-refractivity contribution in [2.45, 2.75) is 25.9 Å². The van der Waals surface area contributed by atoms with Crippen LogP contribution < -0.4 is 5.32 Å². The van der Waals surface area contributed by atoms with Crippen LogP contribution in [0.2, 0.25) is 10.2 Å². The Bertz CT molecular complexity index is 1140. The predicted molar refractivity (Wildman–Crippen MR) is 109 cm³/mol. The maximum absolute atomic E-state index is 11.7. The molecule has 4 rings (SSSR count). The van der Waals surface area contributed by atoms with E-state index in [-0.39, 0.29) is 11.2 Å². The van der Waals surface area contributed by atoms with Crippen LogP contribution in [0.1, 0.15) is 19.4 Å². The molecule has 3 aromatic heterocycles. The summed E-state index contributed by atoms with van der Waals surface area (Å²) in [4.78, 5) is 8.83. The smallest absolute Gasteiger partial charge is 0.229 e. The van der Waals surface area contributed by atoms with Crippen LogP contribution in [0.4, 0.5) is 11.6 Å². The van der Waals surface area contributed by atoms with Crippen molar-refractivity contribution in [1.29, 1.82) is 0 Å². The van der Waals surface area contributed by atoms with Gasteiger partial charge in [0, 0.05) is 32.0 Å². The van der Waals surface area contributed by atoms with E-state index in [0.29, 0.717) is 36.2 Å². The molecule has 9 nitrogen and oxygen atoms in total. The first-order chi connectivity index (χ1) is 13.3. The van der Waals surface area contributed by atoms with E-state index >= 15 is 0 Å². The summed E-state index contributed by atoms with van der Waals surface area (Å²) in [6.45, 7) is 3.59. The van der Waals surface area contributed by atoms with Gasteiger partial charge in [0.25, 0.3) is 0 Å². The fourth-order valence-corrected chi connectivity index (χ4v) is 4.63. The van der Waals surface area contributed by atoms with Crippen LogP contribution in [0.15, 0.2) is 18.6 Å². The lowest BCUT2D eigenvalue weighted by atomic mass is 10.3. The van der Waals surface area contributed by atoms with E-state index in [2.05, 4.69) is 20.4 Å². The number of hydrogen-bond donors (Lipinski definition) is 1. The second-order valence-electron chi connectivity index (χ2n) is 6.70. The van der Waals surface area contributed by atoms with Crippen LogP contribution in [0.5, 0.6) is 0 Å². The Hall–Kier alpha value is -1.88. The normalized spacial score (nSPS) is 18.2. The summed E-state index contributed by atoms with van der Waals surface area (Å²) < 4.78 is 28.5. The van der Waals surface area contributed by atoms with Crippen LogP contribution in [0.25, 0.3) is 11.0 Å². The third-order valence-corrected chi connectivity index (χ3v) is 6.66. The van der Waals surface area contributed by atoms with Crippen LogP contribution in [-0.4, -0.2) is 56.4 Å². The number of fused-ring (bicyclic) bond motifs is 1. The first-order valence-electron chi connectivity index (χ1n) is 8.74. The Kier molecular flexibility index (Phi) is 4.98. The third-order valence-electron chi connectivity index (χ3n) is 4.81. The van der Waals surface area contributed by atoms with Crippen molar-refractivity contribution in [1.82, 2.24) is 28.6 Å². The maximum atomic E-state index is 11.7. The highest BCUT2D eigenvalue weighted by Gasteiger charge is 2.30. The summed E-state index contributed by atoms with van der Waals surface area (Å²) in [5.41, 5.74) is 1.28. The molecule has 28 heavy (non-hydrogen) atoms. The summed E-state index contributed by atoms with van der Waals surface area (Å²) in [6.07, 6.45) is 7.12. The lowest BCUT2D eigenvalue weighted by Crippen LogP contribution is -2.28. The molecule has 3 aromatic rings. The number of nitrogens with zero attached hydrogens (tertiary/aromatic N) is 6. The van der Waals surface area contributed by atoms with E-state index in [1.54, 1.807) is 17.1 Å². The highest BCUT2D eigenvalue weighted by atomic mass is 35.5. The van der Waals surface area contributed by atoms with Crippen molar-refractivity contribution >= 4 is 55.9 Å². The second kappa shape index (κ2) is 7.18. The number of hydrogen-bond acceptors (Lipinski definition) is 6. The monoisotopic (exact) mass is 443 g/mol. The van der Waals surface area contributed by atoms with Gasteiger partial charge in [-0.05, 0) is 13.3 Å². The van der Waals surface area contributed by atoms with Crippen LogP contribution in [0.3, 0.4) is 0 Å². The minimum atomic E-state index is -3.21. The molecular weight excluding hydrogens is 425 g/mol. The Morgan fingerprint density at radius 3 is 2.79 bits per heavy atom. The van der Waals surface area contributed by atoms with Crippen molar-refractivity contribution < 1.29 is 8.42 Å². The number of halogens is 2. The fourth-order valence-electron chi connectivity index (χ4n) is 3.32. The van der Waals surface area contributed by atoms with Gasteiger partial charge < -0.3 is 9.88 Å². The lowest BCUT2D eigenvalue weighted by molar-refractivity contribution is 0.437. The first-order valence-corrected chi connectivity index (χ1v) is 11.3. The molecule has 0 amide bonds. The average molecular weight is 444 g/mol. The Labute approximate surface area is 172 Å². The summed E-state index contributed by atoms with van der Waals surface area (Å²) >= 11 is 12.5. The van der Waals surface area contributed by atoms with E-state index in [1.165, 1.54) is 10.6 Å². The zero-order valence-corrected chi connectivity index (χ0v) is 17.6. The van der Waals surface area contributed by atoms with Gasteiger partial charge in [-0.2, -0.15) is 14.4 Å². The molecule has 0 aromatic carbocycles. The zero-order valence-electron chi connectivity index (χ0n) is 15.3. The first kappa shape index (κ1) is 19.4. The van der Waals surface area contributed by atoms with Gasteiger partial charge in [0.2, 0.25) is 16.0 Å². The Morgan fingerprint density at radius 1 is 1.32 bits per heavy atom. The quantitative estimate of drug-likeness (QED) is 0.650. The van der Waals surface area contributed by atoms with Crippen LogP contribution in [-0.2, 0) is 16.6 Å². The fraction of sp³-hybridized carbons (Fsp3) is 0.438. The Balaban J connectivity index is 1.57. The molecule has 1 aliphatic heterocycles. The molecule has 1 fully saturated rings. The van der Waals surface area contributed by atoms with Crippen LogP contribution >= 0.6 is 23.2 Å². The zero-order chi connectivity index (χ0) is 20.1. The maximum Gasteiger partial charge on any atom is 0.229 e. The SMILES string of the molecule is CCn1cc(Cl)c2cnc(Nc3cn([C@H]4CCN(S(C)(=O)=O)C4)nc3Cl)nc21. The van der Waals surface area contributed by atoms with Crippen LogP contribution in [0, 0.1) is 0 Å². The predicted octanol–water partition coefficient (Wildman–Crippen LogP) is 2.90. The van der Waals surface area contributed by atoms with Crippen molar-refractivity contribution in [3.63, 3.8) is 0 Å². The molecule has 0 radical (unpaired) electrons. The molecular formula is C16H19Cl2N7O2S. The highest BCUT2D eigenvalue weighted by molar-refractivity contribution is 7.88. The molecule has 12 heteroatoms.